The number of thiophene rings is 2. The first-order chi connectivity index (χ1) is 64.4. The van der Waals surface area contributed by atoms with E-state index in [4.69, 9.17) is 29.9 Å². The Bertz CT molecular complexity index is 8510. The Labute approximate surface area is 758 Å². The highest BCUT2D eigenvalue weighted by molar-refractivity contribution is 7.26. The largest absolute Gasteiger partial charge is 0.309 e. The highest BCUT2D eigenvalue weighted by atomic mass is 32.1. The van der Waals surface area contributed by atoms with Gasteiger partial charge in [0.1, 0.15) is 0 Å². The van der Waals surface area contributed by atoms with Gasteiger partial charge in [-0.1, -0.05) is 388 Å². The number of aromatic nitrogens is 8. The fourth-order valence-electron chi connectivity index (χ4n) is 18.6. The van der Waals surface area contributed by atoms with Crippen molar-refractivity contribution in [3.63, 3.8) is 0 Å². The van der Waals surface area contributed by atoms with E-state index in [1.165, 1.54) is 89.7 Å². The highest BCUT2D eigenvalue weighted by Gasteiger charge is 2.25. The van der Waals surface area contributed by atoms with Crippen molar-refractivity contribution in [1.29, 1.82) is 0 Å². The lowest BCUT2D eigenvalue weighted by atomic mass is 9.99. The number of para-hydroxylation sites is 2. The fraction of sp³-hybridized carbons (Fsp3) is 0. The minimum absolute atomic E-state index is 0.606. The zero-order chi connectivity index (χ0) is 86.0. The van der Waals surface area contributed by atoms with Gasteiger partial charge in [0.25, 0.3) is 0 Å². The van der Waals surface area contributed by atoms with E-state index in [-0.39, 0.29) is 0 Å². The Kier molecular flexibility index (Phi) is 19.5. The number of hydrogen-bond acceptors (Lipinski definition) is 8. The number of benzene rings is 19. The van der Waals surface area contributed by atoms with Crippen LogP contribution in [0.4, 0.5) is 0 Å². The molecular formula is C120H76N8S2. The summed E-state index contributed by atoms with van der Waals surface area (Å²) in [6.45, 7) is 0. The van der Waals surface area contributed by atoms with E-state index in [0.29, 0.717) is 34.9 Å². The van der Waals surface area contributed by atoms with E-state index in [1.54, 1.807) is 0 Å². The van der Waals surface area contributed by atoms with Gasteiger partial charge in [-0.3, -0.25) is 0 Å². The smallest absolute Gasteiger partial charge is 0.164 e. The maximum Gasteiger partial charge on any atom is 0.164 e. The van der Waals surface area contributed by atoms with Gasteiger partial charge in [-0.15, -0.1) is 22.7 Å². The predicted molar refractivity (Wildman–Crippen MR) is 545 cm³/mol. The first-order valence-electron chi connectivity index (χ1n) is 43.8. The second-order valence-electron chi connectivity index (χ2n) is 32.7. The van der Waals surface area contributed by atoms with Crippen molar-refractivity contribution in [2.75, 3.05) is 0 Å². The van der Waals surface area contributed by atoms with Gasteiger partial charge < -0.3 is 9.13 Å². The number of nitrogens with zero attached hydrogens (tertiary/aromatic N) is 8. The maximum absolute atomic E-state index is 5.25. The third kappa shape index (κ3) is 14.1. The van der Waals surface area contributed by atoms with Crippen LogP contribution in [-0.2, 0) is 0 Å². The molecule has 0 fully saturated rings. The molecule has 25 rings (SSSR count). The predicted octanol–water partition coefficient (Wildman–Crippen LogP) is 32.3. The SMILES string of the molecule is c1ccc(-c2ccc(-c3nc(-c4ccc(-c5ccccc5)cc4)nc(-c4ccc(-n5c6ccccc6c6ccc(-c7cccc8c7sc7ccccc78)cc65)c(-c5ccccc5)c4)n3)cc2)cc1.c1ccc(-c2ccc(-c3nc(-c4ccccc4)nc(-c4ccc(-n5c6ccccc6c6ccc(-c7cccc8c7sc7ccccc78)cc65)c(-c5ccccc5)c4)n3)cc2)cc1. The minimum Gasteiger partial charge on any atom is -0.309 e. The van der Waals surface area contributed by atoms with Crippen LogP contribution in [0.2, 0.25) is 0 Å². The van der Waals surface area contributed by atoms with Crippen molar-refractivity contribution < 1.29 is 0 Å². The molecule has 0 unspecified atom stereocenters. The molecule has 0 saturated carbocycles. The lowest BCUT2D eigenvalue weighted by molar-refractivity contribution is 1.07. The molecule has 0 saturated heterocycles. The lowest BCUT2D eigenvalue weighted by Gasteiger charge is -2.16. The standard InChI is InChI=1S/C63H40N4S.C57H36N4S/c1-4-15-41(16-5-1)43-27-31-46(32-28-43)61-64-62(47-33-29-44(30-34-47)42-17-6-2-7-18-42)66-63(65-61)49-36-38-57(55(39-49)45-19-8-3-9-20-45)67-56-25-12-10-21-51(56)52-37-35-48(40-58(52)67)50-23-14-24-54-53-22-11-13-26-59(53)68-60(50)54;1-4-15-37(16-5-1)38-27-29-41(30-28-38)56-58-55(40-19-8-3-9-20-40)59-57(60-56)43-32-34-51(49(35-43)39-17-6-2-7-18-39)61-50-25-12-10-21-45(50)46-33-31-42(36-52(46)61)44-23-14-24-48-47-22-11-13-26-53(47)62-54(44)48/h1-40H;1-36H. The average molecular weight is 1690 g/mol. The van der Waals surface area contributed by atoms with Gasteiger partial charge in [0.15, 0.2) is 34.9 Å². The topological polar surface area (TPSA) is 87.2 Å². The third-order valence-electron chi connectivity index (χ3n) is 25.0. The molecule has 10 heteroatoms. The van der Waals surface area contributed by atoms with Crippen LogP contribution in [-0.4, -0.2) is 39.0 Å². The van der Waals surface area contributed by atoms with Gasteiger partial charge in [-0.25, -0.2) is 29.9 Å². The highest BCUT2D eigenvalue weighted by Crippen LogP contribution is 2.48. The normalized spacial score (nSPS) is 11.5. The molecule has 6 aromatic heterocycles. The monoisotopic (exact) mass is 1690 g/mol. The van der Waals surface area contributed by atoms with E-state index in [9.17, 15) is 0 Å². The van der Waals surface area contributed by atoms with Gasteiger partial charge in [-0.05, 0) is 140 Å². The Balaban J connectivity index is 0.000000145. The van der Waals surface area contributed by atoms with E-state index in [1.807, 2.05) is 59.1 Å². The van der Waals surface area contributed by atoms with Crippen LogP contribution >= 0.6 is 22.7 Å². The molecule has 0 atom stereocenters. The first-order valence-corrected chi connectivity index (χ1v) is 45.4. The molecule has 0 bridgehead atoms. The van der Waals surface area contributed by atoms with Crippen molar-refractivity contribution in [3.8, 4) is 158 Å². The number of hydrogen-bond donors (Lipinski definition) is 0. The molecule has 0 aliphatic rings. The van der Waals surface area contributed by atoms with Crippen LogP contribution in [0.15, 0.2) is 461 Å². The summed E-state index contributed by atoms with van der Waals surface area (Å²) in [5.74, 6) is 3.71. The zero-order valence-electron chi connectivity index (χ0n) is 70.3. The summed E-state index contributed by atoms with van der Waals surface area (Å²) in [6, 6.07) is 164. The number of fused-ring (bicyclic) bond motifs is 12. The molecule has 0 aliphatic carbocycles. The van der Waals surface area contributed by atoms with E-state index >= 15 is 0 Å². The molecule has 25 aromatic rings. The summed E-state index contributed by atoms with van der Waals surface area (Å²) in [5.41, 5.74) is 28.4. The first kappa shape index (κ1) is 76.9. The van der Waals surface area contributed by atoms with Crippen molar-refractivity contribution >= 4 is 107 Å². The summed E-state index contributed by atoms with van der Waals surface area (Å²) in [4.78, 5) is 31.0. The molecule has 608 valence electrons. The van der Waals surface area contributed by atoms with E-state index in [2.05, 4.69) is 434 Å². The molecule has 0 aliphatic heterocycles. The molecule has 0 N–H and O–H groups in total. The Hall–Kier alpha value is -16.8. The maximum atomic E-state index is 5.25. The van der Waals surface area contributed by atoms with Gasteiger partial charge in [0.2, 0.25) is 0 Å². The molecule has 0 spiro atoms. The summed E-state index contributed by atoms with van der Waals surface area (Å²) in [7, 11) is 0. The van der Waals surface area contributed by atoms with E-state index < -0.39 is 0 Å². The molecule has 8 nitrogen and oxygen atoms in total. The van der Waals surface area contributed by atoms with Crippen LogP contribution in [0.1, 0.15) is 0 Å². The van der Waals surface area contributed by atoms with Crippen LogP contribution < -0.4 is 0 Å². The van der Waals surface area contributed by atoms with Crippen LogP contribution in [0, 0.1) is 0 Å². The van der Waals surface area contributed by atoms with Crippen LogP contribution in [0.3, 0.4) is 0 Å². The quantitative estimate of drug-likeness (QED) is 0.102. The lowest BCUT2D eigenvalue weighted by Crippen LogP contribution is -2.02. The Morgan fingerprint density at radius 1 is 0.146 bits per heavy atom. The Morgan fingerprint density at radius 3 is 0.746 bits per heavy atom. The summed E-state index contributed by atoms with van der Waals surface area (Å²) in [6.07, 6.45) is 0. The van der Waals surface area contributed by atoms with Gasteiger partial charge in [-0.2, -0.15) is 0 Å². The summed E-state index contributed by atoms with van der Waals surface area (Å²) < 4.78 is 10.1. The van der Waals surface area contributed by atoms with E-state index in [0.717, 1.165) is 117 Å². The average Bonchev–Trinajstić information content (AvgIpc) is 1.66. The summed E-state index contributed by atoms with van der Waals surface area (Å²) in [5, 5.41) is 10.0. The summed E-state index contributed by atoms with van der Waals surface area (Å²) >= 11 is 3.74. The minimum atomic E-state index is 0.606. The van der Waals surface area contributed by atoms with Crippen molar-refractivity contribution in [2.24, 2.45) is 0 Å². The molecule has 6 heterocycles. The molecule has 130 heavy (non-hydrogen) atoms. The van der Waals surface area contributed by atoms with Gasteiger partial charge in [0, 0.05) is 106 Å². The molecule has 0 amide bonds. The second-order valence-corrected chi connectivity index (χ2v) is 34.8. The van der Waals surface area contributed by atoms with Crippen molar-refractivity contribution in [2.45, 2.75) is 0 Å². The fourth-order valence-corrected chi connectivity index (χ4v) is 21.1. The van der Waals surface area contributed by atoms with Crippen LogP contribution in [0.5, 0.6) is 0 Å². The zero-order valence-corrected chi connectivity index (χ0v) is 71.9. The second kappa shape index (κ2) is 33.0. The molecule has 0 radical (unpaired) electrons. The van der Waals surface area contributed by atoms with Gasteiger partial charge >= 0.3 is 0 Å². The molecular weight excluding hydrogens is 1620 g/mol. The van der Waals surface area contributed by atoms with Gasteiger partial charge in [0.05, 0.1) is 33.4 Å². The number of rotatable bonds is 15. The third-order valence-corrected chi connectivity index (χ3v) is 27.4. The van der Waals surface area contributed by atoms with Crippen LogP contribution in [0.25, 0.3) is 242 Å². The molecule has 19 aromatic carbocycles. The van der Waals surface area contributed by atoms with Crippen molar-refractivity contribution in [3.05, 3.63) is 461 Å². The van der Waals surface area contributed by atoms with Crippen molar-refractivity contribution in [1.82, 2.24) is 39.0 Å². The Morgan fingerprint density at radius 2 is 0.392 bits per heavy atom.